The third-order valence-corrected chi connectivity index (χ3v) is 1.46. The lowest BCUT2D eigenvalue weighted by Crippen LogP contribution is -1.61. The van der Waals surface area contributed by atoms with Crippen molar-refractivity contribution in [2.45, 2.75) is 0 Å². The average Bonchev–Trinajstić information content (AvgIpc) is 2.14. The summed E-state index contributed by atoms with van der Waals surface area (Å²) < 4.78 is 0. The highest BCUT2D eigenvalue weighted by Crippen LogP contribution is 2.02. The van der Waals surface area contributed by atoms with Gasteiger partial charge in [-0.15, -0.1) is 11.3 Å². The largest absolute Gasteiger partial charge is 0.412 e. The fraction of sp³-hybridized carbons (Fsp3) is 0. The molecule has 0 aliphatic rings. The molecule has 1 aromatic rings. The summed E-state index contributed by atoms with van der Waals surface area (Å²) in [5, 5.41) is 1.88. The van der Waals surface area contributed by atoms with Gasteiger partial charge in [-0.25, -0.2) is 0 Å². The normalized spacial score (nSPS) is 7.50. The monoisotopic (exact) mass is 130 g/mol. The highest BCUT2D eigenvalue weighted by Gasteiger charge is 1.82. The molecule has 0 spiro atoms. The molecule has 0 unspecified atom stereocenters. The van der Waals surface area contributed by atoms with E-state index in [9.17, 15) is 4.79 Å². The molecule has 8 heavy (non-hydrogen) atoms. The molecule has 0 saturated heterocycles. The summed E-state index contributed by atoms with van der Waals surface area (Å²) in [5.41, 5.74) is 0. The first-order valence-corrected chi connectivity index (χ1v) is 2.80. The summed E-state index contributed by atoms with van der Waals surface area (Å²) in [6.45, 7) is 0. The molecule has 0 amide bonds. The predicted molar refractivity (Wildman–Crippen MR) is 33.3 cm³/mol. The van der Waals surface area contributed by atoms with Gasteiger partial charge in [0.05, 0.1) is 4.88 Å². The van der Waals surface area contributed by atoms with E-state index in [4.69, 9.17) is 0 Å². The van der Waals surface area contributed by atoms with Gasteiger partial charge in [0.1, 0.15) is 0 Å². The van der Waals surface area contributed by atoms with Crippen molar-refractivity contribution in [3.05, 3.63) is 22.4 Å². The molecule has 0 bridgehead atoms. The van der Waals surface area contributed by atoms with Crippen LogP contribution in [0.3, 0.4) is 0 Å². The van der Waals surface area contributed by atoms with Crippen LogP contribution in [0.25, 0.3) is 0 Å². The van der Waals surface area contributed by atoms with Gasteiger partial charge < -0.3 is 5.48 Å². The zero-order valence-electron chi connectivity index (χ0n) is 4.13. The Balaban J connectivity index is 0.000000490. The number of carbonyl (C=O) groups excluding carboxylic acids is 1. The van der Waals surface area contributed by atoms with Crippen LogP contribution >= 0.6 is 11.3 Å². The first-order valence-electron chi connectivity index (χ1n) is 1.92. The molecule has 0 fully saturated rings. The van der Waals surface area contributed by atoms with Crippen molar-refractivity contribution in [2.75, 3.05) is 0 Å². The molecule has 1 rings (SSSR count). The average molecular weight is 130 g/mol. The van der Waals surface area contributed by atoms with Crippen LogP contribution in [0.4, 0.5) is 0 Å². The molecule has 3 heteroatoms. The maximum absolute atomic E-state index is 9.88. The number of rotatable bonds is 1. The molecular formula is C5H6O2S. The Kier molecular flexibility index (Phi) is 3.07. The molecule has 0 radical (unpaired) electrons. The van der Waals surface area contributed by atoms with E-state index in [1.165, 1.54) is 11.3 Å². The van der Waals surface area contributed by atoms with Crippen molar-refractivity contribution >= 4 is 17.6 Å². The first kappa shape index (κ1) is 7.33. The van der Waals surface area contributed by atoms with E-state index >= 15 is 0 Å². The van der Waals surface area contributed by atoms with Gasteiger partial charge in [0.15, 0.2) is 6.29 Å². The maximum atomic E-state index is 9.88. The smallest absolute Gasteiger partial charge is 0.159 e. The number of aldehydes is 1. The Bertz CT molecular complexity index is 145. The molecule has 2 nitrogen and oxygen atoms in total. The summed E-state index contributed by atoms with van der Waals surface area (Å²) in [6.07, 6.45) is 0.852. The zero-order valence-corrected chi connectivity index (χ0v) is 4.94. The van der Waals surface area contributed by atoms with Crippen molar-refractivity contribution in [2.24, 2.45) is 0 Å². The van der Waals surface area contributed by atoms with Gasteiger partial charge in [0.25, 0.3) is 0 Å². The van der Waals surface area contributed by atoms with Crippen LogP contribution in [-0.4, -0.2) is 11.8 Å². The Labute approximate surface area is 51.1 Å². The van der Waals surface area contributed by atoms with E-state index in [0.717, 1.165) is 11.2 Å². The second-order valence-corrected chi connectivity index (χ2v) is 2.11. The van der Waals surface area contributed by atoms with Crippen LogP contribution in [0.5, 0.6) is 0 Å². The molecular weight excluding hydrogens is 124 g/mol. The Hall–Kier alpha value is -0.670. The Morgan fingerprint density at radius 1 is 1.62 bits per heavy atom. The quantitative estimate of drug-likeness (QED) is 0.517. The maximum Gasteiger partial charge on any atom is 0.159 e. The third-order valence-electron chi connectivity index (χ3n) is 0.659. The molecule has 2 N–H and O–H groups in total. The van der Waals surface area contributed by atoms with Crippen LogP contribution in [-0.2, 0) is 0 Å². The number of hydrogen-bond acceptors (Lipinski definition) is 2. The van der Waals surface area contributed by atoms with Crippen molar-refractivity contribution < 1.29 is 10.3 Å². The van der Waals surface area contributed by atoms with Crippen molar-refractivity contribution in [3.8, 4) is 0 Å². The topological polar surface area (TPSA) is 48.6 Å². The minimum absolute atomic E-state index is 0. The van der Waals surface area contributed by atoms with Crippen LogP contribution in [0.2, 0.25) is 0 Å². The van der Waals surface area contributed by atoms with E-state index in [1.54, 1.807) is 6.07 Å². The van der Waals surface area contributed by atoms with E-state index in [2.05, 4.69) is 0 Å². The van der Waals surface area contributed by atoms with Gasteiger partial charge in [-0.05, 0) is 11.4 Å². The lowest BCUT2D eigenvalue weighted by molar-refractivity contribution is 0.112. The van der Waals surface area contributed by atoms with Gasteiger partial charge in [-0.2, -0.15) is 0 Å². The van der Waals surface area contributed by atoms with Crippen LogP contribution in [0.15, 0.2) is 17.5 Å². The SMILES string of the molecule is O.O=Cc1cccs1. The van der Waals surface area contributed by atoms with Gasteiger partial charge in [-0.1, -0.05) is 6.07 Å². The minimum atomic E-state index is 0. The van der Waals surface area contributed by atoms with Crippen LogP contribution in [0, 0.1) is 0 Å². The van der Waals surface area contributed by atoms with E-state index in [-0.39, 0.29) is 5.48 Å². The molecule has 44 valence electrons. The fourth-order valence-electron chi connectivity index (χ4n) is 0.358. The minimum Gasteiger partial charge on any atom is -0.412 e. The summed E-state index contributed by atoms with van der Waals surface area (Å²) in [7, 11) is 0. The van der Waals surface area contributed by atoms with Crippen LogP contribution in [0.1, 0.15) is 9.67 Å². The highest BCUT2D eigenvalue weighted by molar-refractivity contribution is 7.11. The molecule has 0 aromatic carbocycles. The number of thiophene rings is 1. The lowest BCUT2D eigenvalue weighted by Gasteiger charge is -1.66. The summed E-state index contributed by atoms with van der Waals surface area (Å²) in [5.74, 6) is 0. The second kappa shape index (κ2) is 3.35. The third kappa shape index (κ3) is 1.44. The zero-order chi connectivity index (χ0) is 5.11. The van der Waals surface area contributed by atoms with E-state index in [1.807, 2.05) is 11.4 Å². The lowest BCUT2D eigenvalue weighted by atomic mass is 10.5. The van der Waals surface area contributed by atoms with Gasteiger partial charge in [0, 0.05) is 0 Å². The predicted octanol–water partition coefficient (Wildman–Crippen LogP) is 0.736. The number of carbonyl (C=O) groups is 1. The molecule has 0 aliphatic carbocycles. The molecule has 0 aliphatic heterocycles. The molecule has 1 aromatic heterocycles. The summed E-state index contributed by atoms with van der Waals surface area (Å²) >= 11 is 1.45. The molecule has 0 atom stereocenters. The second-order valence-electron chi connectivity index (χ2n) is 1.13. The van der Waals surface area contributed by atoms with Gasteiger partial charge >= 0.3 is 0 Å². The standard InChI is InChI=1S/C5H4OS.H2O/c6-4-5-2-1-3-7-5;/h1-4H;1H2. The fourth-order valence-corrected chi connectivity index (χ4v) is 0.885. The van der Waals surface area contributed by atoms with Crippen molar-refractivity contribution in [3.63, 3.8) is 0 Å². The van der Waals surface area contributed by atoms with Crippen molar-refractivity contribution in [1.82, 2.24) is 0 Å². The number of hydrogen-bond donors (Lipinski definition) is 0. The highest BCUT2D eigenvalue weighted by atomic mass is 32.1. The molecule has 1 heterocycles. The Morgan fingerprint density at radius 3 is 2.62 bits per heavy atom. The van der Waals surface area contributed by atoms with E-state index < -0.39 is 0 Å². The van der Waals surface area contributed by atoms with Gasteiger partial charge in [-0.3, -0.25) is 4.79 Å². The summed E-state index contributed by atoms with van der Waals surface area (Å²) in [6, 6.07) is 3.64. The Morgan fingerprint density at radius 2 is 2.38 bits per heavy atom. The van der Waals surface area contributed by atoms with Crippen LogP contribution < -0.4 is 0 Å². The summed E-state index contributed by atoms with van der Waals surface area (Å²) in [4.78, 5) is 10.7. The first-order chi connectivity index (χ1) is 3.43. The molecule has 0 saturated carbocycles. The van der Waals surface area contributed by atoms with Gasteiger partial charge in [0.2, 0.25) is 0 Å². The van der Waals surface area contributed by atoms with Crippen molar-refractivity contribution in [1.29, 1.82) is 0 Å². The van der Waals surface area contributed by atoms with E-state index in [0.29, 0.717) is 0 Å².